The standard InChI is InChI=1S/C23H16ClN3O2S/c24-17-10-7-16(8-11-17)9-12-22(28)29-19-5-3-4-18(14-19)26-23-27-21(15-30-23)20-6-1-2-13-25-20/h1-15H,(H,26,27)/b12-9+. The van der Waals surface area contributed by atoms with Crippen molar-refractivity contribution in [3.05, 3.63) is 95.0 Å². The third-order valence-corrected chi connectivity index (χ3v) is 5.03. The molecule has 7 heteroatoms. The molecule has 0 aliphatic carbocycles. The topological polar surface area (TPSA) is 64.1 Å². The van der Waals surface area contributed by atoms with Crippen molar-refractivity contribution in [2.24, 2.45) is 0 Å². The smallest absolute Gasteiger partial charge is 0.336 e. The summed E-state index contributed by atoms with van der Waals surface area (Å²) >= 11 is 7.33. The van der Waals surface area contributed by atoms with Gasteiger partial charge >= 0.3 is 5.97 Å². The molecule has 0 aliphatic heterocycles. The number of thiazole rings is 1. The van der Waals surface area contributed by atoms with Crippen LogP contribution in [-0.2, 0) is 4.79 Å². The Morgan fingerprint density at radius 3 is 2.70 bits per heavy atom. The molecule has 0 saturated carbocycles. The number of esters is 1. The molecular weight excluding hydrogens is 418 g/mol. The lowest BCUT2D eigenvalue weighted by Gasteiger charge is -2.06. The fourth-order valence-corrected chi connectivity index (χ4v) is 3.46. The van der Waals surface area contributed by atoms with Crippen LogP contribution in [0, 0.1) is 0 Å². The fourth-order valence-electron chi connectivity index (χ4n) is 2.61. The monoisotopic (exact) mass is 433 g/mol. The van der Waals surface area contributed by atoms with Crippen molar-refractivity contribution in [1.29, 1.82) is 0 Å². The highest BCUT2D eigenvalue weighted by Crippen LogP contribution is 2.27. The molecular formula is C23H16ClN3O2S. The van der Waals surface area contributed by atoms with Gasteiger partial charge in [0.2, 0.25) is 0 Å². The highest BCUT2D eigenvalue weighted by molar-refractivity contribution is 7.14. The van der Waals surface area contributed by atoms with E-state index in [0.717, 1.165) is 27.8 Å². The Hall–Kier alpha value is -3.48. The van der Waals surface area contributed by atoms with E-state index >= 15 is 0 Å². The lowest BCUT2D eigenvalue weighted by atomic mass is 10.2. The van der Waals surface area contributed by atoms with Crippen molar-refractivity contribution < 1.29 is 9.53 Å². The SMILES string of the molecule is O=C(/C=C/c1ccc(Cl)cc1)Oc1cccc(Nc2nc(-c3ccccn3)cs2)c1. The zero-order chi connectivity index (χ0) is 20.8. The van der Waals surface area contributed by atoms with Gasteiger partial charge < -0.3 is 10.1 Å². The molecule has 4 rings (SSSR count). The van der Waals surface area contributed by atoms with Gasteiger partial charge in [-0.15, -0.1) is 11.3 Å². The number of halogens is 1. The third-order valence-electron chi connectivity index (χ3n) is 4.02. The minimum Gasteiger partial charge on any atom is -0.423 e. The van der Waals surface area contributed by atoms with Crippen LogP contribution < -0.4 is 10.1 Å². The number of ether oxygens (including phenoxy) is 1. The van der Waals surface area contributed by atoms with Crippen molar-refractivity contribution in [2.75, 3.05) is 5.32 Å². The molecule has 0 spiro atoms. The Kier molecular flexibility index (Phi) is 6.17. The number of hydrogen-bond acceptors (Lipinski definition) is 6. The van der Waals surface area contributed by atoms with E-state index in [2.05, 4.69) is 15.3 Å². The van der Waals surface area contributed by atoms with Gasteiger partial charge in [-0.05, 0) is 48.0 Å². The minimum atomic E-state index is -0.464. The normalized spacial score (nSPS) is 10.8. The van der Waals surface area contributed by atoms with Crippen LogP contribution >= 0.6 is 22.9 Å². The van der Waals surface area contributed by atoms with Crippen molar-refractivity contribution >= 4 is 45.8 Å². The minimum absolute atomic E-state index is 0.437. The highest BCUT2D eigenvalue weighted by Gasteiger charge is 2.07. The number of carbonyl (C=O) groups excluding carboxylic acids is 1. The lowest BCUT2D eigenvalue weighted by Crippen LogP contribution is -2.03. The molecule has 0 unspecified atom stereocenters. The molecule has 0 atom stereocenters. The summed E-state index contributed by atoms with van der Waals surface area (Å²) in [6.07, 6.45) is 4.79. The summed E-state index contributed by atoms with van der Waals surface area (Å²) in [7, 11) is 0. The molecule has 2 aromatic carbocycles. The third kappa shape index (κ3) is 5.31. The van der Waals surface area contributed by atoms with Gasteiger partial charge in [-0.1, -0.05) is 35.9 Å². The van der Waals surface area contributed by atoms with Crippen LogP contribution in [0.25, 0.3) is 17.5 Å². The average molecular weight is 434 g/mol. The number of hydrogen-bond donors (Lipinski definition) is 1. The predicted octanol–water partition coefficient (Wildman–Crippen LogP) is 6.22. The maximum Gasteiger partial charge on any atom is 0.336 e. The van der Waals surface area contributed by atoms with E-state index < -0.39 is 5.97 Å². The number of pyridine rings is 1. The first-order valence-electron chi connectivity index (χ1n) is 9.05. The summed E-state index contributed by atoms with van der Waals surface area (Å²) in [5.41, 5.74) is 3.25. The van der Waals surface area contributed by atoms with Gasteiger partial charge in [0.1, 0.15) is 11.4 Å². The van der Waals surface area contributed by atoms with E-state index in [-0.39, 0.29) is 0 Å². The molecule has 1 N–H and O–H groups in total. The molecule has 30 heavy (non-hydrogen) atoms. The van der Waals surface area contributed by atoms with Gasteiger partial charge in [-0.3, -0.25) is 4.98 Å². The Labute approximate surface area is 182 Å². The van der Waals surface area contributed by atoms with Crippen LogP contribution in [0.4, 0.5) is 10.8 Å². The van der Waals surface area contributed by atoms with Crippen LogP contribution in [0.5, 0.6) is 5.75 Å². The van der Waals surface area contributed by atoms with Gasteiger partial charge in [0.05, 0.1) is 5.69 Å². The number of carbonyl (C=O) groups is 1. The summed E-state index contributed by atoms with van der Waals surface area (Å²) in [5, 5.41) is 6.54. The summed E-state index contributed by atoms with van der Waals surface area (Å²) < 4.78 is 5.39. The number of nitrogens with one attached hydrogen (secondary N) is 1. The van der Waals surface area contributed by atoms with Crippen molar-refractivity contribution in [3.8, 4) is 17.1 Å². The maximum atomic E-state index is 12.1. The predicted molar refractivity (Wildman–Crippen MR) is 121 cm³/mol. The number of benzene rings is 2. The Bertz CT molecular complexity index is 1170. The number of anilines is 2. The van der Waals surface area contributed by atoms with E-state index in [9.17, 15) is 4.79 Å². The number of aromatic nitrogens is 2. The molecule has 5 nitrogen and oxygen atoms in total. The summed E-state index contributed by atoms with van der Waals surface area (Å²) in [6, 6.07) is 20.0. The van der Waals surface area contributed by atoms with Crippen molar-refractivity contribution in [3.63, 3.8) is 0 Å². The van der Waals surface area contributed by atoms with Gasteiger partial charge in [-0.25, -0.2) is 9.78 Å². The van der Waals surface area contributed by atoms with E-state index in [4.69, 9.17) is 16.3 Å². The second-order valence-electron chi connectivity index (χ2n) is 6.21. The average Bonchev–Trinajstić information content (AvgIpc) is 3.23. The molecule has 0 aliphatic rings. The molecule has 148 valence electrons. The maximum absolute atomic E-state index is 12.1. The first-order chi connectivity index (χ1) is 14.7. The molecule has 2 heterocycles. The van der Waals surface area contributed by atoms with Crippen LogP contribution in [-0.4, -0.2) is 15.9 Å². The largest absolute Gasteiger partial charge is 0.423 e. The van der Waals surface area contributed by atoms with E-state index in [0.29, 0.717) is 10.8 Å². The molecule has 0 bridgehead atoms. The summed E-state index contributed by atoms with van der Waals surface area (Å²) in [4.78, 5) is 21.0. The first kappa shape index (κ1) is 19.8. The Balaban J connectivity index is 1.40. The zero-order valence-electron chi connectivity index (χ0n) is 15.7. The van der Waals surface area contributed by atoms with Gasteiger partial charge in [-0.2, -0.15) is 0 Å². The molecule has 0 saturated heterocycles. The second kappa shape index (κ2) is 9.35. The zero-order valence-corrected chi connectivity index (χ0v) is 17.2. The molecule has 0 fully saturated rings. The van der Waals surface area contributed by atoms with Crippen LogP contribution in [0.3, 0.4) is 0 Å². The Morgan fingerprint density at radius 2 is 1.90 bits per heavy atom. The van der Waals surface area contributed by atoms with E-state index in [1.54, 1.807) is 42.6 Å². The lowest BCUT2D eigenvalue weighted by molar-refractivity contribution is -0.128. The van der Waals surface area contributed by atoms with Gasteiger partial charge in [0.25, 0.3) is 0 Å². The number of rotatable bonds is 6. The fraction of sp³-hybridized carbons (Fsp3) is 0. The molecule has 0 radical (unpaired) electrons. The second-order valence-corrected chi connectivity index (χ2v) is 7.51. The van der Waals surface area contributed by atoms with E-state index in [1.165, 1.54) is 17.4 Å². The van der Waals surface area contributed by atoms with E-state index in [1.807, 2.05) is 41.8 Å². The van der Waals surface area contributed by atoms with Crippen molar-refractivity contribution in [2.45, 2.75) is 0 Å². The molecule has 4 aromatic rings. The molecule has 2 aromatic heterocycles. The van der Waals surface area contributed by atoms with Gasteiger partial charge in [0, 0.05) is 34.4 Å². The Morgan fingerprint density at radius 1 is 1.03 bits per heavy atom. The van der Waals surface area contributed by atoms with Gasteiger partial charge in [0.15, 0.2) is 5.13 Å². The first-order valence-corrected chi connectivity index (χ1v) is 10.3. The summed E-state index contributed by atoms with van der Waals surface area (Å²) in [6.45, 7) is 0. The van der Waals surface area contributed by atoms with Crippen LogP contribution in [0.15, 0.2) is 84.4 Å². The highest BCUT2D eigenvalue weighted by atomic mass is 35.5. The summed E-state index contributed by atoms with van der Waals surface area (Å²) in [5.74, 6) is -0.0268. The molecule has 0 amide bonds. The van der Waals surface area contributed by atoms with Crippen LogP contribution in [0.2, 0.25) is 5.02 Å². The number of nitrogens with zero attached hydrogens (tertiary/aromatic N) is 2. The van der Waals surface area contributed by atoms with Crippen LogP contribution in [0.1, 0.15) is 5.56 Å². The quantitative estimate of drug-likeness (QED) is 0.222. The van der Waals surface area contributed by atoms with Crippen molar-refractivity contribution in [1.82, 2.24) is 9.97 Å².